The van der Waals surface area contributed by atoms with Gasteiger partial charge in [-0.2, -0.15) is 5.26 Å². The lowest BCUT2D eigenvalue weighted by molar-refractivity contribution is -0.140. The summed E-state index contributed by atoms with van der Waals surface area (Å²) in [7, 11) is 2.55. The Hall–Kier alpha value is -6.08. The van der Waals surface area contributed by atoms with Gasteiger partial charge in [0.2, 0.25) is 0 Å². The zero-order valence-electron chi connectivity index (χ0n) is 27.7. The molecule has 0 bridgehead atoms. The third-order valence-electron chi connectivity index (χ3n) is 8.12. The first-order valence-corrected chi connectivity index (χ1v) is 15.9. The topological polar surface area (TPSA) is 129 Å². The number of rotatable bonds is 4. The predicted octanol–water partition coefficient (Wildman–Crippen LogP) is 7.43. The average molecular weight is 673 g/mol. The highest BCUT2D eigenvalue weighted by Crippen LogP contribution is 2.41. The number of furan rings is 2. The highest BCUT2D eigenvalue weighted by atomic mass is 32.1. The van der Waals surface area contributed by atoms with Gasteiger partial charge in [0.25, 0.3) is 29.3 Å². The molecule has 0 fully saturated rings. The largest absolute Gasteiger partial charge is 0.456 e. The van der Waals surface area contributed by atoms with E-state index in [1.54, 1.807) is 24.3 Å². The van der Waals surface area contributed by atoms with Crippen molar-refractivity contribution in [2.45, 2.75) is 13.8 Å². The number of fused-ring (bicyclic) bond motifs is 2. The normalized spacial score (nSPS) is 18.5. The minimum atomic E-state index is -0.706. The molecule has 4 amide bonds. The molecule has 0 N–H and O–H groups in total. The van der Waals surface area contributed by atoms with Gasteiger partial charge in [-0.05, 0) is 96.4 Å². The Morgan fingerprint density at radius 2 is 1.25 bits per heavy atom. The van der Waals surface area contributed by atoms with Crippen LogP contribution < -0.4 is 0 Å². The zero-order valence-corrected chi connectivity index (χ0v) is 27.3. The molecule has 0 atom stereocenters. The molecule has 0 radical (unpaired) electrons. The Labute approximate surface area is 284 Å². The number of imide groups is 2. The van der Waals surface area contributed by atoms with Gasteiger partial charge in [-0.3, -0.25) is 29.0 Å². The van der Waals surface area contributed by atoms with E-state index in [-0.39, 0.29) is 57.2 Å². The molecule has 234 valence electrons. The molecule has 10 nitrogen and oxygen atoms in total. The summed E-state index contributed by atoms with van der Waals surface area (Å²) in [6, 6.07) is 16.0. The Morgan fingerprint density at radius 1 is 0.771 bits per heavy atom. The first-order chi connectivity index (χ1) is 23.8. The average Bonchev–Trinajstić information content (AvgIpc) is 3.91. The highest BCUT2D eigenvalue weighted by molar-refractivity contribution is 7.23. The summed E-state index contributed by atoms with van der Waals surface area (Å²) in [5, 5.41) is 11.4. The van der Waals surface area contributed by atoms with Crippen LogP contribution in [0, 0.1) is 17.9 Å². The van der Waals surface area contributed by atoms with Gasteiger partial charge < -0.3 is 8.83 Å². The molecule has 0 saturated carbocycles. The van der Waals surface area contributed by atoms with Crippen LogP contribution in [0.1, 0.15) is 28.1 Å². The monoisotopic (exact) mass is 672 g/mol. The van der Waals surface area contributed by atoms with Crippen molar-refractivity contribution in [3.8, 4) is 27.3 Å². The lowest BCUT2D eigenvalue weighted by atomic mass is 9.95. The number of carbonyl (C=O) groups excluding carboxylic acids is 4. The number of thiophene rings is 2. The number of nitriles is 1. The second-order valence-electron chi connectivity index (χ2n) is 11.0. The van der Waals surface area contributed by atoms with E-state index in [4.69, 9.17) is 18.1 Å². The van der Waals surface area contributed by atoms with Crippen molar-refractivity contribution in [3.05, 3.63) is 105 Å². The van der Waals surface area contributed by atoms with Crippen LogP contribution in [0.25, 0.3) is 58.4 Å². The maximum Gasteiger partial charge on any atom is 0.271 e. The first kappa shape index (κ1) is 28.2. The molecule has 48 heavy (non-hydrogen) atoms. The fraction of sp³-hybridized carbons (Fsp3) is 0.111. The van der Waals surface area contributed by atoms with E-state index in [0.29, 0.717) is 11.5 Å². The maximum atomic E-state index is 12.9. The van der Waals surface area contributed by atoms with E-state index in [9.17, 15) is 24.4 Å². The lowest BCUT2D eigenvalue weighted by Gasteiger charge is -2.23. The number of hydrogen-bond acceptors (Lipinski definition) is 9. The predicted molar refractivity (Wildman–Crippen MR) is 182 cm³/mol. The zero-order chi connectivity index (χ0) is 35.8. The van der Waals surface area contributed by atoms with Gasteiger partial charge in [-0.1, -0.05) is 0 Å². The van der Waals surface area contributed by atoms with Crippen LogP contribution in [0.4, 0.5) is 0 Å². The molecular weight excluding hydrogens is 649 g/mol. The molecule has 1 aromatic carbocycles. The SMILES string of the molecule is [2H]/C(=C1\C(=O)N(C)C(=O)C(C#N)=C1C)c1ccc(-c2cc3cc4sc(-c5ccc(/C([2H])=C6/C(=O)N(C)C(=O)C([N+]#[C-])=C6C)o5)cc4cc3s2)o1. The van der Waals surface area contributed by atoms with Crippen LogP contribution >= 0.6 is 22.7 Å². The van der Waals surface area contributed by atoms with Crippen molar-refractivity contribution in [1.82, 2.24) is 9.80 Å². The van der Waals surface area contributed by atoms with Crippen LogP contribution in [0.5, 0.6) is 0 Å². The van der Waals surface area contributed by atoms with E-state index in [1.165, 1.54) is 50.6 Å². The molecule has 5 aromatic rings. The van der Waals surface area contributed by atoms with E-state index in [1.807, 2.05) is 30.3 Å². The second kappa shape index (κ2) is 11.3. The fourth-order valence-electron chi connectivity index (χ4n) is 5.43. The smallest absolute Gasteiger partial charge is 0.271 e. The summed E-state index contributed by atoms with van der Waals surface area (Å²) in [4.78, 5) is 57.0. The summed E-state index contributed by atoms with van der Waals surface area (Å²) in [6.07, 6.45) is 0. The van der Waals surface area contributed by atoms with E-state index in [0.717, 1.165) is 39.7 Å². The molecule has 0 saturated heterocycles. The molecule has 0 aliphatic carbocycles. The first-order valence-electron chi connectivity index (χ1n) is 15.3. The van der Waals surface area contributed by atoms with E-state index in [2.05, 4.69) is 4.85 Å². The second-order valence-corrected chi connectivity index (χ2v) is 13.2. The third kappa shape index (κ3) is 4.83. The van der Waals surface area contributed by atoms with E-state index < -0.39 is 23.6 Å². The fourth-order valence-corrected chi connectivity index (χ4v) is 7.53. The van der Waals surface area contributed by atoms with Crippen LogP contribution in [-0.2, 0) is 19.2 Å². The Morgan fingerprint density at radius 3 is 1.73 bits per heavy atom. The maximum absolute atomic E-state index is 12.9. The summed E-state index contributed by atoms with van der Waals surface area (Å²) >= 11 is 2.97. The van der Waals surface area contributed by atoms with Crippen LogP contribution in [-0.4, -0.2) is 47.5 Å². The number of amides is 4. The number of carbonyl (C=O) groups is 4. The summed E-state index contributed by atoms with van der Waals surface area (Å²) in [6.45, 7) is 10.3. The van der Waals surface area contributed by atoms with Crippen LogP contribution in [0.3, 0.4) is 0 Å². The van der Waals surface area contributed by atoms with Crippen LogP contribution in [0.2, 0.25) is 0 Å². The molecule has 0 spiro atoms. The summed E-state index contributed by atoms with van der Waals surface area (Å²) in [5.41, 5.74) is -0.237. The van der Waals surface area contributed by atoms with Gasteiger partial charge in [-0.25, -0.2) is 4.85 Å². The molecule has 7 rings (SSSR count). The molecule has 2 aliphatic rings. The Balaban J connectivity index is 1.19. The molecule has 2 aliphatic heterocycles. The van der Waals surface area contributed by atoms with Crippen molar-refractivity contribution < 1.29 is 30.8 Å². The summed E-state index contributed by atoms with van der Waals surface area (Å²) in [5.74, 6) is -1.50. The number of nitrogens with zero attached hydrogens (tertiary/aromatic N) is 4. The minimum absolute atomic E-state index is 0.0580. The van der Waals surface area contributed by atoms with Crippen molar-refractivity contribution >= 4 is 78.6 Å². The van der Waals surface area contributed by atoms with Crippen molar-refractivity contribution in [2.24, 2.45) is 0 Å². The standard InChI is InChI=1S/C36H22N4O6S2/c1-17-23(33(41)39(4)35(43)25(17)16-37)14-21-6-8-26(45-21)30-12-19-10-29-20(11-28(19)47-30)13-31(48-29)27-9-7-22(46-27)15-24-18(2)32(38-3)36(44)40(5)34(24)42/h6-15H,1-2,4-5H3/b23-14+,24-15+/i14D,15D. The van der Waals surface area contributed by atoms with Crippen molar-refractivity contribution in [2.75, 3.05) is 14.1 Å². The molecule has 6 heterocycles. The van der Waals surface area contributed by atoms with Gasteiger partial charge in [-0.15, -0.1) is 22.7 Å². The van der Waals surface area contributed by atoms with Crippen LogP contribution in [0.15, 0.2) is 90.9 Å². The van der Waals surface area contributed by atoms with Gasteiger partial charge in [0.05, 0.1) is 19.1 Å². The quantitative estimate of drug-likeness (QED) is 0.110. The number of benzene rings is 1. The van der Waals surface area contributed by atoms with Crippen molar-refractivity contribution in [1.29, 1.82) is 5.26 Å². The summed E-state index contributed by atoms with van der Waals surface area (Å²) < 4.78 is 31.4. The van der Waals surface area contributed by atoms with Crippen molar-refractivity contribution in [3.63, 3.8) is 0 Å². The van der Waals surface area contributed by atoms with Gasteiger partial charge in [0.15, 0.2) is 0 Å². The Bertz CT molecular complexity index is 2400. The lowest BCUT2D eigenvalue weighted by Crippen LogP contribution is -2.39. The van der Waals surface area contributed by atoms with Gasteiger partial charge in [0, 0.05) is 34.6 Å². The third-order valence-corrected chi connectivity index (χ3v) is 10.3. The minimum Gasteiger partial charge on any atom is -0.456 e. The van der Waals surface area contributed by atoms with Gasteiger partial charge in [0.1, 0.15) is 34.7 Å². The molecule has 4 aromatic heterocycles. The van der Waals surface area contributed by atoms with Gasteiger partial charge >= 0.3 is 0 Å². The number of likely N-dealkylation sites (N-methyl/N-ethyl adjacent to an activating group) is 2. The molecule has 0 unspecified atom stereocenters. The highest BCUT2D eigenvalue weighted by Gasteiger charge is 2.34. The van der Waals surface area contributed by atoms with E-state index >= 15 is 0 Å². The number of hydrogen-bond donors (Lipinski definition) is 0. The molecule has 12 heteroatoms. The molecular formula is C36H22N4O6S2. The Kier molecular flexibility index (Phi) is 6.64.